The largest absolute Gasteiger partial charge is 0.353 e. The van der Waals surface area contributed by atoms with Crippen molar-refractivity contribution >= 4 is 55.4 Å². The molecular formula is C22H16N4O2. The Hall–Kier alpha value is -3.64. The Labute approximate surface area is 158 Å². The first-order valence-corrected chi connectivity index (χ1v) is 9.19. The molecule has 0 aliphatic carbocycles. The first kappa shape index (κ1) is 15.4. The van der Waals surface area contributed by atoms with Gasteiger partial charge in [0.25, 0.3) is 11.8 Å². The first-order valence-electron chi connectivity index (χ1n) is 9.19. The van der Waals surface area contributed by atoms with E-state index in [0.29, 0.717) is 17.7 Å². The van der Waals surface area contributed by atoms with Gasteiger partial charge in [0.15, 0.2) is 0 Å². The van der Waals surface area contributed by atoms with Crippen LogP contribution in [0.5, 0.6) is 0 Å². The molecule has 1 aliphatic heterocycles. The van der Waals surface area contributed by atoms with E-state index in [-0.39, 0.29) is 11.8 Å². The normalized spacial score (nSPS) is 13.9. The SMILES string of the molecule is CNCc1cccc2c1[nH]c1c3[nH]c4ccccc4c3c3c(c21)C(=O)NC3=O. The third-order valence-electron chi connectivity index (χ3n) is 5.67. The van der Waals surface area contributed by atoms with Crippen molar-refractivity contribution in [2.75, 3.05) is 7.05 Å². The van der Waals surface area contributed by atoms with Crippen LogP contribution in [0, 0.1) is 0 Å². The molecule has 0 saturated heterocycles. The van der Waals surface area contributed by atoms with Crippen LogP contribution in [0.25, 0.3) is 43.6 Å². The van der Waals surface area contributed by atoms with Gasteiger partial charge in [0.1, 0.15) is 0 Å². The number of imide groups is 1. The number of rotatable bonds is 2. The minimum Gasteiger partial charge on any atom is -0.353 e. The van der Waals surface area contributed by atoms with E-state index in [9.17, 15) is 9.59 Å². The molecule has 0 unspecified atom stereocenters. The lowest BCUT2D eigenvalue weighted by Crippen LogP contribution is -2.20. The van der Waals surface area contributed by atoms with Crippen LogP contribution in [0.3, 0.4) is 0 Å². The van der Waals surface area contributed by atoms with E-state index in [2.05, 4.69) is 26.7 Å². The number of hydrogen-bond donors (Lipinski definition) is 4. The highest BCUT2D eigenvalue weighted by atomic mass is 16.2. The highest BCUT2D eigenvalue weighted by Gasteiger charge is 2.34. The van der Waals surface area contributed by atoms with Crippen molar-refractivity contribution < 1.29 is 9.59 Å². The minimum absolute atomic E-state index is 0.336. The summed E-state index contributed by atoms with van der Waals surface area (Å²) in [6.45, 7) is 0.702. The highest BCUT2D eigenvalue weighted by Crippen LogP contribution is 2.42. The number of hydrogen-bond acceptors (Lipinski definition) is 3. The lowest BCUT2D eigenvalue weighted by molar-refractivity contribution is 0.0880. The smallest absolute Gasteiger partial charge is 0.259 e. The van der Waals surface area contributed by atoms with Gasteiger partial charge in [-0.15, -0.1) is 0 Å². The van der Waals surface area contributed by atoms with E-state index < -0.39 is 0 Å². The average molecular weight is 368 g/mol. The van der Waals surface area contributed by atoms with Crippen molar-refractivity contribution in [1.29, 1.82) is 0 Å². The van der Waals surface area contributed by atoms with E-state index in [4.69, 9.17) is 0 Å². The van der Waals surface area contributed by atoms with Crippen molar-refractivity contribution in [3.05, 3.63) is 59.2 Å². The standard InChI is InChI=1S/C22H16N4O2/c1-23-9-10-5-4-7-12-15-17-16(21(27)26-22(17)28)14-11-6-2-3-8-13(11)24-19(14)20(15)25-18(10)12/h2-8,23-25H,9H2,1H3,(H,26,27,28). The summed E-state index contributed by atoms with van der Waals surface area (Å²) < 4.78 is 0. The van der Waals surface area contributed by atoms with Crippen LogP contribution in [0.4, 0.5) is 0 Å². The summed E-state index contributed by atoms with van der Waals surface area (Å²) in [6, 6.07) is 13.9. The summed E-state index contributed by atoms with van der Waals surface area (Å²) in [5.74, 6) is -0.672. The molecule has 1 aliphatic rings. The highest BCUT2D eigenvalue weighted by molar-refractivity contribution is 6.39. The Bertz CT molecular complexity index is 1490. The molecule has 0 atom stereocenters. The molecule has 6 nitrogen and oxygen atoms in total. The van der Waals surface area contributed by atoms with Gasteiger partial charge in [-0.05, 0) is 18.7 Å². The molecule has 0 radical (unpaired) electrons. The van der Waals surface area contributed by atoms with Gasteiger partial charge in [0.05, 0.1) is 27.7 Å². The second kappa shape index (κ2) is 5.21. The predicted molar refractivity (Wildman–Crippen MR) is 110 cm³/mol. The van der Waals surface area contributed by atoms with E-state index >= 15 is 0 Å². The lowest BCUT2D eigenvalue weighted by Gasteiger charge is -2.03. The molecule has 3 aromatic carbocycles. The third kappa shape index (κ3) is 1.75. The number of aromatic nitrogens is 2. The second-order valence-corrected chi connectivity index (χ2v) is 7.20. The zero-order chi connectivity index (χ0) is 19.0. The first-order chi connectivity index (χ1) is 13.7. The molecule has 136 valence electrons. The fourth-order valence-corrected chi connectivity index (χ4v) is 4.58. The van der Waals surface area contributed by atoms with Crippen LogP contribution in [0.15, 0.2) is 42.5 Å². The van der Waals surface area contributed by atoms with Gasteiger partial charge in [0.2, 0.25) is 0 Å². The Morgan fingerprint density at radius 2 is 1.46 bits per heavy atom. The van der Waals surface area contributed by atoms with Crippen LogP contribution < -0.4 is 10.6 Å². The number of fused-ring (bicyclic) bond motifs is 10. The van der Waals surface area contributed by atoms with Crippen molar-refractivity contribution in [3.8, 4) is 0 Å². The average Bonchev–Trinajstić information content (AvgIpc) is 3.34. The number of carbonyl (C=O) groups excluding carboxylic acids is 2. The Morgan fingerprint density at radius 1 is 0.786 bits per heavy atom. The molecule has 6 rings (SSSR count). The molecule has 6 heteroatoms. The Balaban J connectivity index is 1.94. The maximum absolute atomic E-state index is 12.8. The van der Waals surface area contributed by atoms with Crippen molar-refractivity contribution in [1.82, 2.24) is 20.6 Å². The van der Waals surface area contributed by atoms with Gasteiger partial charge in [-0.2, -0.15) is 0 Å². The lowest BCUT2D eigenvalue weighted by atomic mass is 9.96. The van der Waals surface area contributed by atoms with E-state index in [1.54, 1.807) is 0 Å². The van der Waals surface area contributed by atoms with Crippen molar-refractivity contribution in [3.63, 3.8) is 0 Å². The number of aromatic amines is 2. The fraction of sp³-hybridized carbons (Fsp3) is 0.0909. The second-order valence-electron chi connectivity index (χ2n) is 7.20. The van der Waals surface area contributed by atoms with Gasteiger partial charge in [0, 0.05) is 33.6 Å². The minimum atomic E-state index is -0.336. The van der Waals surface area contributed by atoms with Gasteiger partial charge in [-0.3, -0.25) is 14.9 Å². The number of para-hydroxylation sites is 2. The van der Waals surface area contributed by atoms with Gasteiger partial charge >= 0.3 is 0 Å². The van der Waals surface area contributed by atoms with Gasteiger partial charge < -0.3 is 15.3 Å². The summed E-state index contributed by atoms with van der Waals surface area (Å²) in [5, 5.41) is 9.16. The number of benzene rings is 3. The summed E-state index contributed by atoms with van der Waals surface area (Å²) in [5.41, 5.74) is 5.66. The van der Waals surface area contributed by atoms with Crippen LogP contribution >= 0.6 is 0 Å². The van der Waals surface area contributed by atoms with Crippen LogP contribution in [-0.4, -0.2) is 28.8 Å². The maximum Gasteiger partial charge on any atom is 0.259 e. The molecule has 3 heterocycles. The zero-order valence-electron chi connectivity index (χ0n) is 15.1. The molecule has 2 aromatic heterocycles. The van der Waals surface area contributed by atoms with Crippen LogP contribution in [-0.2, 0) is 6.54 Å². The number of H-pyrrole nitrogens is 2. The third-order valence-corrected chi connectivity index (χ3v) is 5.67. The van der Waals surface area contributed by atoms with Crippen LogP contribution in [0.2, 0.25) is 0 Å². The summed E-state index contributed by atoms with van der Waals surface area (Å²) >= 11 is 0. The quantitative estimate of drug-likeness (QED) is 0.359. The fourth-order valence-electron chi connectivity index (χ4n) is 4.58. The van der Waals surface area contributed by atoms with Gasteiger partial charge in [-0.25, -0.2) is 0 Å². The monoisotopic (exact) mass is 368 g/mol. The van der Waals surface area contributed by atoms with E-state index in [1.807, 2.05) is 43.4 Å². The van der Waals surface area contributed by atoms with Crippen LogP contribution in [0.1, 0.15) is 26.3 Å². The Morgan fingerprint density at radius 3 is 2.25 bits per heavy atom. The molecule has 0 spiro atoms. The summed E-state index contributed by atoms with van der Waals surface area (Å²) in [7, 11) is 1.90. The van der Waals surface area contributed by atoms with Crippen molar-refractivity contribution in [2.24, 2.45) is 0 Å². The molecule has 4 N–H and O–H groups in total. The van der Waals surface area contributed by atoms with Crippen molar-refractivity contribution in [2.45, 2.75) is 6.54 Å². The molecular weight excluding hydrogens is 352 g/mol. The van der Waals surface area contributed by atoms with Gasteiger partial charge in [-0.1, -0.05) is 36.4 Å². The topological polar surface area (TPSA) is 89.8 Å². The summed E-state index contributed by atoms with van der Waals surface area (Å²) in [6.07, 6.45) is 0. The van der Waals surface area contributed by atoms with E-state index in [0.717, 1.165) is 49.2 Å². The Kier molecular flexibility index (Phi) is 2.87. The number of carbonyl (C=O) groups is 2. The molecule has 28 heavy (non-hydrogen) atoms. The molecule has 0 saturated carbocycles. The number of nitrogens with one attached hydrogen (secondary N) is 4. The molecule has 5 aromatic rings. The summed E-state index contributed by atoms with van der Waals surface area (Å²) in [4.78, 5) is 32.5. The van der Waals surface area contributed by atoms with E-state index in [1.165, 1.54) is 0 Å². The zero-order valence-corrected chi connectivity index (χ0v) is 15.1. The number of amides is 2. The predicted octanol–water partition coefficient (Wildman–Crippen LogP) is 3.56. The maximum atomic E-state index is 12.8. The molecule has 0 fully saturated rings. The molecule has 0 bridgehead atoms. The molecule has 2 amide bonds.